The standard InChI is InChI=1S/C14H16O5/c1-10(13(15)16)5-3-8-19-14(17)11(2)9-12-6-4-7-18-12/h4,6-7H,1-3,5,8-9H2,(H,15,16). The molecule has 1 aromatic heterocycles. The van der Waals surface area contributed by atoms with Gasteiger partial charge in [-0.15, -0.1) is 0 Å². The van der Waals surface area contributed by atoms with Crippen LogP contribution in [-0.2, 0) is 20.7 Å². The summed E-state index contributed by atoms with van der Waals surface area (Å²) in [5.41, 5.74) is 0.400. The van der Waals surface area contributed by atoms with Crippen LogP contribution in [0.4, 0.5) is 0 Å². The Morgan fingerprint density at radius 3 is 2.63 bits per heavy atom. The molecule has 0 amide bonds. The summed E-state index contributed by atoms with van der Waals surface area (Å²) >= 11 is 0. The van der Waals surface area contributed by atoms with E-state index in [9.17, 15) is 9.59 Å². The number of esters is 1. The van der Waals surface area contributed by atoms with Crippen molar-refractivity contribution in [1.82, 2.24) is 0 Å². The molecule has 1 N–H and O–H groups in total. The van der Waals surface area contributed by atoms with Gasteiger partial charge in [0.05, 0.1) is 12.9 Å². The molecular formula is C14H16O5. The third-order valence-electron chi connectivity index (χ3n) is 2.41. The van der Waals surface area contributed by atoms with E-state index in [2.05, 4.69) is 13.2 Å². The van der Waals surface area contributed by atoms with Crippen LogP contribution in [0, 0.1) is 0 Å². The van der Waals surface area contributed by atoms with Crippen LogP contribution >= 0.6 is 0 Å². The fourth-order valence-electron chi connectivity index (χ4n) is 1.36. The molecule has 0 spiro atoms. The average molecular weight is 264 g/mol. The first-order valence-electron chi connectivity index (χ1n) is 5.79. The van der Waals surface area contributed by atoms with Crippen molar-refractivity contribution in [3.05, 3.63) is 48.5 Å². The highest BCUT2D eigenvalue weighted by Gasteiger charge is 2.11. The summed E-state index contributed by atoms with van der Waals surface area (Å²) in [6.07, 6.45) is 2.53. The van der Waals surface area contributed by atoms with E-state index < -0.39 is 11.9 Å². The monoisotopic (exact) mass is 264 g/mol. The summed E-state index contributed by atoms with van der Waals surface area (Å²) in [5, 5.41) is 8.59. The van der Waals surface area contributed by atoms with Crippen molar-refractivity contribution in [3.8, 4) is 0 Å². The minimum absolute atomic E-state index is 0.102. The highest BCUT2D eigenvalue weighted by Crippen LogP contribution is 2.09. The molecule has 5 nitrogen and oxygen atoms in total. The zero-order valence-electron chi connectivity index (χ0n) is 10.6. The predicted molar refractivity (Wildman–Crippen MR) is 68.5 cm³/mol. The Morgan fingerprint density at radius 2 is 2.05 bits per heavy atom. The van der Waals surface area contributed by atoms with Crippen molar-refractivity contribution in [1.29, 1.82) is 0 Å². The molecule has 0 unspecified atom stereocenters. The normalized spacial score (nSPS) is 9.89. The van der Waals surface area contributed by atoms with E-state index in [1.807, 2.05) is 0 Å². The predicted octanol–water partition coefficient (Wildman–Crippen LogP) is 2.34. The van der Waals surface area contributed by atoms with Crippen molar-refractivity contribution in [2.45, 2.75) is 19.3 Å². The van der Waals surface area contributed by atoms with Gasteiger partial charge < -0.3 is 14.3 Å². The molecule has 0 fully saturated rings. The molecule has 0 atom stereocenters. The second-order valence-electron chi connectivity index (χ2n) is 4.01. The first-order chi connectivity index (χ1) is 9.00. The van der Waals surface area contributed by atoms with Crippen molar-refractivity contribution in [2.24, 2.45) is 0 Å². The molecular weight excluding hydrogens is 248 g/mol. The molecule has 19 heavy (non-hydrogen) atoms. The van der Waals surface area contributed by atoms with E-state index in [1.165, 1.54) is 6.26 Å². The molecule has 1 rings (SSSR count). The van der Waals surface area contributed by atoms with Gasteiger partial charge in [0.2, 0.25) is 0 Å². The zero-order chi connectivity index (χ0) is 14.3. The molecule has 0 radical (unpaired) electrons. The summed E-state index contributed by atoms with van der Waals surface area (Å²) in [6, 6.07) is 3.47. The van der Waals surface area contributed by atoms with E-state index in [1.54, 1.807) is 12.1 Å². The summed E-state index contributed by atoms with van der Waals surface area (Å²) < 4.78 is 10.1. The van der Waals surface area contributed by atoms with Gasteiger partial charge in [-0.25, -0.2) is 9.59 Å². The van der Waals surface area contributed by atoms with E-state index in [0.29, 0.717) is 24.2 Å². The van der Waals surface area contributed by atoms with Crippen LogP contribution in [-0.4, -0.2) is 23.7 Å². The molecule has 102 valence electrons. The Labute approximate surface area is 111 Å². The molecule has 1 aromatic rings. The molecule has 0 aromatic carbocycles. The fraction of sp³-hybridized carbons (Fsp3) is 0.286. The number of carbonyl (C=O) groups excluding carboxylic acids is 1. The van der Waals surface area contributed by atoms with Crippen molar-refractivity contribution in [3.63, 3.8) is 0 Å². The Balaban J connectivity index is 2.22. The Hall–Kier alpha value is -2.30. The van der Waals surface area contributed by atoms with Crippen LogP contribution in [0.25, 0.3) is 0 Å². The number of rotatable bonds is 8. The Bertz CT molecular complexity index is 470. The summed E-state index contributed by atoms with van der Waals surface area (Å²) in [6.45, 7) is 7.15. The van der Waals surface area contributed by atoms with Crippen LogP contribution in [0.5, 0.6) is 0 Å². The molecule has 0 aliphatic rings. The topological polar surface area (TPSA) is 76.7 Å². The number of carbonyl (C=O) groups is 2. The van der Waals surface area contributed by atoms with Crippen LogP contribution < -0.4 is 0 Å². The minimum Gasteiger partial charge on any atom is -0.478 e. The van der Waals surface area contributed by atoms with Crippen LogP contribution in [0.1, 0.15) is 18.6 Å². The van der Waals surface area contributed by atoms with Gasteiger partial charge in [-0.1, -0.05) is 13.2 Å². The van der Waals surface area contributed by atoms with Crippen molar-refractivity contribution in [2.75, 3.05) is 6.61 Å². The molecule has 0 saturated heterocycles. The van der Waals surface area contributed by atoms with Crippen LogP contribution in [0.15, 0.2) is 47.1 Å². The summed E-state index contributed by atoms with van der Waals surface area (Å²) in [5.74, 6) is -0.896. The van der Waals surface area contributed by atoms with Gasteiger partial charge in [-0.3, -0.25) is 0 Å². The first kappa shape index (κ1) is 14.8. The van der Waals surface area contributed by atoms with Crippen molar-refractivity contribution >= 4 is 11.9 Å². The Kier molecular flexibility index (Phi) is 5.60. The summed E-state index contributed by atoms with van der Waals surface area (Å²) in [7, 11) is 0. The van der Waals surface area contributed by atoms with E-state index >= 15 is 0 Å². The lowest BCUT2D eigenvalue weighted by atomic mass is 10.1. The number of hydrogen-bond acceptors (Lipinski definition) is 4. The maximum absolute atomic E-state index is 11.5. The van der Waals surface area contributed by atoms with E-state index in [-0.39, 0.29) is 18.6 Å². The van der Waals surface area contributed by atoms with Gasteiger partial charge in [0, 0.05) is 17.6 Å². The van der Waals surface area contributed by atoms with Crippen molar-refractivity contribution < 1.29 is 23.8 Å². The molecule has 0 bridgehead atoms. The van der Waals surface area contributed by atoms with Gasteiger partial charge in [0.15, 0.2) is 0 Å². The molecule has 0 aliphatic heterocycles. The van der Waals surface area contributed by atoms with Gasteiger partial charge in [0.1, 0.15) is 5.76 Å². The lowest BCUT2D eigenvalue weighted by Crippen LogP contribution is -2.10. The van der Waals surface area contributed by atoms with E-state index in [0.717, 1.165) is 0 Å². The number of furan rings is 1. The van der Waals surface area contributed by atoms with Gasteiger partial charge >= 0.3 is 11.9 Å². The number of aliphatic carboxylic acids is 1. The number of carboxylic acid groups (broad SMARTS) is 1. The minimum atomic E-state index is -1.03. The summed E-state index contributed by atoms with van der Waals surface area (Å²) in [4.78, 5) is 22.0. The Morgan fingerprint density at radius 1 is 1.32 bits per heavy atom. The van der Waals surface area contributed by atoms with Gasteiger partial charge in [-0.05, 0) is 25.0 Å². The second-order valence-corrected chi connectivity index (χ2v) is 4.01. The lowest BCUT2D eigenvalue weighted by molar-refractivity contribution is -0.139. The number of hydrogen-bond donors (Lipinski definition) is 1. The largest absolute Gasteiger partial charge is 0.478 e. The average Bonchev–Trinajstić information content (AvgIpc) is 2.86. The third-order valence-corrected chi connectivity index (χ3v) is 2.41. The molecule has 0 aliphatic carbocycles. The molecule has 0 saturated carbocycles. The van der Waals surface area contributed by atoms with Gasteiger partial charge in [0.25, 0.3) is 0 Å². The fourth-order valence-corrected chi connectivity index (χ4v) is 1.36. The third kappa shape index (κ3) is 5.25. The van der Waals surface area contributed by atoms with Crippen LogP contribution in [0.3, 0.4) is 0 Å². The second kappa shape index (κ2) is 7.20. The van der Waals surface area contributed by atoms with Crippen LogP contribution in [0.2, 0.25) is 0 Å². The maximum atomic E-state index is 11.5. The number of carboxylic acids is 1. The van der Waals surface area contributed by atoms with E-state index in [4.69, 9.17) is 14.3 Å². The SMILES string of the molecule is C=C(CCCOC(=O)C(=C)Cc1ccco1)C(=O)O. The highest BCUT2D eigenvalue weighted by molar-refractivity contribution is 5.88. The molecule has 1 heterocycles. The zero-order valence-corrected chi connectivity index (χ0v) is 10.6. The number of ether oxygens (including phenoxy) is 1. The smallest absolute Gasteiger partial charge is 0.333 e. The first-order valence-corrected chi connectivity index (χ1v) is 5.79. The quantitative estimate of drug-likeness (QED) is 0.443. The van der Waals surface area contributed by atoms with Gasteiger partial charge in [-0.2, -0.15) is 0 Å². The molecule has 5 heteroatoms. The lowest BCUT2D eigenvalue weighted by Gasteiger charge is -2.06. The maximum Gasteiger partial charge on any atom is 0.333 e. The highest BCUT2D eigenvalue weighted by atomic mass is 16.5.